The van der Waals surface area contributed by atoms with Crippen molar-refractivity contribution in [1.29, 1.82) is 0 Å². The molecule has 1 fully saturated rings. The minimum atomic E-state index is -0.656. The van der Waals surface area contributed by atoms with Gasteiger partial charge in [-0.1, -0.05) is 6.08 Å². The largest absolute Gasteiger partial charge is 0.467 e. The van der Waals surface area contributed by atoms with Gasteiger partial charge in [0.15, 0.2) is 13.4 Å². The first kappa shape index (κ1) is 19.6. The van der Waals surface area contributed by atoms with E-state index in [4.69, 9.17) is 14.2 Å². The molecule has 4 rings (SSSR count). The van der Waals surface area contributed by atoms with Crippen molar-refractivity contribution in [2.75, 3.05) is 13.4 Å². The second-order valence-corrected chi connectivity index (χ2v) is 7.47. The number of amides is 1. The van der Waals surface area contributed by atoms with E-state index in [1.54, 1.807) is 0 Å². The molecule has 0 bridgehead atoms. The van der Waals surface area contributed by atoms with E-state index in [2.05, 4.69) is 6.08 Å². The number of nitrogens with zero attached hydrogens (tertiary/aromatic N) is 1. The van der Waals surface area contributed by atoms with E-state index in [-0.39, 0.29) is 32.0 Å². The van der Waals surface area contributed by atoms with E-state index < -0.39 is 11.8 Å². The summed E-state index contributed by atoms with van der Waals surface area (Å²) in [7, 11) is 0. The van der Waals surface area contributed by atoms with Crippen LogP contribution in [0.2, 0.25) is 0 Å². The summed E-state index contributed by atoms with van der Waals surface area (Å²) >= 11 is 0. The molecule has 7 heteroatoms. The number of hydrogen-bond donors (Lipinski definition) is 0. The third-order valence-corrected chi connectivity index (χ3v) is 5.20. The molecule has 154 valence electrons. The highest BCUT2D eigenvalue weighted by Gasteiger charge is 2.35. The van der Waals surface area contributed by atoms with Gasteiger partial charge in [0.25, 0.3) is 5.91 Å². The number of carbonyl (C=O) groups excluding carboxylic acids is 2. The van der Waals surface area contributed by atoms with Gasteiger partial charge in [0, 0.05) is 28.9 Å². The zero-order chi connectivity index (χ0) is 20.2. The van der Waals surface area contributed by atoms with E-state index in [0.717, 1.165) is 44.2 Å². The molecule has 1 aromatic carbocycles. The Labute approximate surface area is 168 Å². The van der Waals surface area contributed by atoms with Crippen LogP contribution in [0.3, 0.4) is 0 Å². The molecular formula is C22H24FNO5. The summed E-state index contributed by atoms with van der Waals surface area (Å²) in [6.07, 6.45) is 10.8. The van der Waals surface area contributed by atoms with Crippen molar-refractivity contribution in [2.24, 2.45) is 0 Å². The lowest BCUT2D eigenvalue weighted by Gasteiger charge is -2.27. The first-order valence-corrected chi connectivity index (χ1v) is 10.0. The lowest BCUT2D eigenvalue weighted by atomic mass is 10.0. The quantitative estimate of drug-likeness (QED) is 0.537. The molecule has 6 nitrogen and oxygen atoms in total. The number of benzene rings is 1. The van der Waals surface area contributed by atoms with Gasteiger partial charge in [0.05, 0.1) is 6.61 Å². The first-order chi connectivity index (χ1) is 14.1. The monoisotopic (exact) mass is 401 g/mol. The number of rotatable bonds is 6. The Morgan fingerprint density at radius 2 is 2.14 bits per heavy atom. The van der Waals surface area contributed by atoms with Crippen LogP contribution in [0.15, 0.2) is 30.0 Å². The lowest BCUT2D eigenvalue weighted by molar-refractivity contribution is -0.147. The summed E-state index contributed by atoms with van der Waals surface area (Å²) in [5.41, 5.74) is 2.07. The van der Waals surface area contributed by atoms with Gasteiger partial charge in [0.1, 0.15) is 11.6 Å². The first-order valence-electron chi connectivity index (χ1n) is 10.0. The van der Waals surface area contributed by atoms with Crippen LogP contribution in [0, 0.1) is 5.82 Å². The number of allylic oxidation sites excluding steroid dienone is 2. The Balaban J connectivity index is 1.37. The predicted molar refractivity (Wildman–Crippen MR) is 103 cm³/mol. The Morgan fingerprint density at radius 1 is 1.28 bits per heavy atom. The second-order valence-electron chi connectivity index (χ2n) is 7.47. The maximum absolute atomic E-state index is 13.8. The summed E-state index contributed by atoms with van der Waals surface area (Å²) in [6, 6.07) is 2.86. The van der Waals surface area contributed by atoms with Gasteiger partial charge in [-0.15, -0.1) is 0 Å². The molecule has 2 aliphatic carbocycles. The summed E-state index contributed by atoms with van der Waals surface area (Å²) in [6.45, 7) is 0.0214. The van der Waals surface area contributed by atoms with Crippen LogP contribution >= 0.6 is 0 Å². The molecule has 1 heterocycles. The number of fused-ring (bicyclic) bond motifs is 1. The van der Waals surface area contributed by atoms with Crippen molar-refractivity contribution in [2.45, 2.75) is 51.2 Å². The smallest absolute Gasteiger partial charge is 0.331 e. The minimum Gasteiger partial charge on any atom is -0.467 e. The third kappa shape index (κ3) is 4.85. The van der Waals surface area contributed by atoms with Gasteiger partial charge in [-0.25, -0.2) is 9.18 Å². The maximum Gasteiger partial charge on any atom is 0.331 e. The maximum atomic E-state index is 13.8. The van der Waals surface area contributed by atoms with E-state index in [9.17, 15) is 14.0 Å². The van der Waals surface area contributed by atoms with Crippen LogP contribution in [0.25, 0.3) is 6.08 Å². The zero-order valence-electron chi connectivity index (χ0n) is 16.2. The molecule has 0 N–H and O–H groups in total. The second kappa shape index (κ2) is 8.78. The Bertz CT molecular complexity index is 859. The molecule has 0 atom stereocenters. The number of hydrogen-bond acceptors (Lipinski definition) is 5. The molecule has 1 saturated carbocycles. The van der Waals surface area contributed by atoms with Crippen molar-refractivity contribution >= 4 is 18.0 Å². The van der Waals surface area contributed by atoms with Crippen molar-refractivity contribution in [3.8, 4) is 5.75 Å². The van der Waals surface area contributed by atoms with Gasteiger partial charge in [0.2, 0.25) is 0 Å². The molecule has 0 unspecified atom stereocenters. The molecular weight excluding hydrogens is 377 g/mol. The van der Waals surface area contributed by atoms with Gasteiger partial charge in [-0.3, -0.25) is 4.79 Å². The Kier molecular flexibility index (Phi) is 5.94. The highest BCUT2D eigenvalue weighted by molar-refractivity contribution is 5.90. The van der Waals surface area contributed by atoms with Crippen molar-refractivity contribution in [1.82, 2.24) is 4.90 Å². The molecule has 1 amide bonds. The van der Waals surface area contributed by atoms with Crippen LogP contribution in [0.5, 0.6) is 5.75 Å². The molecule has 0 saturated heterocycles. The highest BCUT2D eigenvalue weighted by Crippen LogP contribution is 2.34. The molecule has 3 aliphatic rings. The fourth-order valence-electron chi connectivity index (χ4n) is 3.71. The third-order valence-electron chi connectivity index (χ3n) is 5.20. The molecule has 29 heavy (non-hydrogen) atoms. The van der Waals surface area contributed by atoms with Crippen LogP contribution in [0.1, 0.15) is 49.7 Å². The van der Waals surface area contributed by atoms with E-state index in [0.29, 0.717) is 16.9 Å². The summed E-state index contributed by atoms with van der Waals surface area (Å²) < 4.78 is 29.5. The normalized spacial score (nSPS) is 18.6. The van der Waals surface area contributed by atoms with Crippen LogP contribution in [-0.4, -0.2) is 36.2 Å². The van der Waals surface area contributed by atoms with Crippen molar-refractivity contribution in [3.63, 3.8) is 0 Å². The fourth-order valence-corrected chi connectivity index (χ4v) is 3.71. The summed E-state index contributed by atoms with van der Waals surface area (Å²) in [5, 5.41) is 0. The van der Waals surface area contributed by atoms with Gasteiger partial charge < -0.3 is 19.1 Å². The molecule has 1 aromatic rings. The fraction of sp³-hybridized carbons (Fsp3) is 0.455. The highest BCUT2D eigenvalue weighted by atomic mass is 19.1. The summed E-state index contributed by atoms with van der Waals surface area (Å²) in [4.78, 5) is 26.6. The number of halogens is 1. The predicted octanol–water partition coefficient (Wildman–Crippen LogP) is 3.70. The molecule has 0 radical (unpaired) electrons. The number of carbonyl (C=O) groups is 2. The average Bonchev–Trinajstić information content (AvgIpc) is 3.56. The number of ether oxygens (including phenoxy) is 3. The average molecular weight is 401 g/mol. The summed E-state index contributed by atoms with van der Waals surface area (Å²) in [5.74, 6) is -0.799. The lowest BCUT2D eigenvalue weighted by Crippen LogP contribution is -2.36. The standard InChI is InChI=1S/C22H24FNO5/c23-17-10-15(22-16(11-17)12-27-14-29-22)6-9-21(26)28-13-20(25)24(19-7-8-19)18-4-2-1-3-5-18/h4,6,9-11,19H,1-3,5,7-8,12-14H2/b9-6+. The molecule has 0 aromatic heterocycles. The van der Waals surface area contributed by atoms with Gasteiger partial charge in [-0.05, 0) is 56.7 Å². The van der Waals surface area contributed by atoms with Crippen LogP contribution in [0.4, 0.5) is 4.39 Å². The van der Waals surface area contributed by atoms with E-state index in [1.165, 1.54) is 24.3 Å². The Morgan fingerprint density at radius 3 is 2.90 bits per heavy atom. The van der Waals surface area contributed by atoms with Crippen molar-refractivity contribution < 1.29 is 28.2 Å². The zero-order valence-corrected chi connectivity index (χ0v) is 16.2. The molecule has 1 aliphatic heterocycles. The topological polar surface area (TPSA) is 65.1 Å². The van der Waals surface area contributed by atoms with Gasteiger partial charge in [-0.2, -0.15) is 0 Å². The molecule has 0 spiro atoms. The van der Waals surface area contributed by atoms with E-state index in [1.807, 2.05) is 4.90 Å². The SMILES string of the molecule is O=C(/C=C/c1cc(F)cc2c1OCOC2)OCC(=O)N(C1=CCCCC1)C1CC1. The van der Waals surface area contributed by atoms with E-state index >= 15 is 0 Å². The van der Waals surface area contributed by atoms with Gasteiger partial charge >= 0.3 is 5.97 Å². The minimum absolute atomic E-state index is 0.0747. The Hall–Kier alpha value is -2.67. The van der Waals surface area contributed by atoms with Crippen molar-refractivity contribution in [3.05, 3.63) is 46.9 Å². The van der Waals surface area contributed by atoms with Crippen LogP contribution < -0.4 is 4.74 Å². The van der Waals surface area contributed by atoms with Crippen LogP contribution in [-0.2, 0) is 25.7 Å². The number of esters is 1.